The summed E-state index contributed by atoms with van der Waals surface area (Å²) in [7, 11) is -4.15. The fourth-order valence-corrected chi connectivity index (χ4v) is 6.54. The lowest BCUT2D eigenvalue weighted by atomic mass is 10.0. The van der Waals surface area contributed by atoms with Crippen LogP contribution in [0.1, 0.15) is 49.8 Å². The number of nitrogens with one attached hydrogen (secondary N) is 1. The zero-order valence-corrected chi connectivity index (χ0v) is 27.5. The number of anilines is 1. The SMILES string of the molecule is CCCNC(=O)[C@@H](Cc1ccccc1)N(Cc1ccc(Cl)cc1)C(=O)CN(c1ccc(C(C)C)cc1)S(=O)(=O)c1ccccc1. The number of halogens is 1. The first kappa shape index (κ1) is 33.7. The van der Waals surface area contributed by atoms with E-state index in [2.05, 4.69) is 19.2 Å². The van der Waals surface area contributed by atoms with Gasteiger partial charge in [0.1, 0.15) is 12.6 Å². The largest absolute Gasteiger partial charge is 0.354 e. The second-order valence-corrected chi connectivity index (χ2v) is 13.5. The van der Waals surface area contributed by atoms with Crippen LogP contribution in [0.4, 0.5) is 5.69 Å². The van der Waals surface area contributed by atoms with Crippen molar-refractivity contribution in [3.05, 3.63) is 131 Å². The van der Waals surface area contributed by atoms with E-state index in [1.807, 2.05) is 49.4 Å². The molecule has 0 bridgehead atoms. The predicted octanol–water partition coefficient (Wildman–Crippen LogP) is 6.83. The van der Waals surface area contributed by atoms with Gasteiger partial charge in [-0.3, -0.25) is 13.9 Å². The Kier molecular flexibility index (Phi) is 11.8. The number of hydrogen-bond donors (Lipinski definition) is 1. The van der Waals surface area contributed by atoms with Crippen LogP contribution in [0.3, 0.4) is 0 Å². The first-order chi connectivity index (χ1) is 21.6. The average Bonchev–Trinajstić information content (AvgIpc) is 3.05. The van der Waals surface area contributed by atoms with Gasteiger partial charge in [-0.2, -0.15) is 0 Å². The first-order valence-corrected chi connectivity index (χ1v) is 16.9. The summed E-state index contributed by atoms with van der Waals surface area (Å²) in [6.45, 7) is 6.10. The number of benzene rings is 4. The average molecular weight is 646 g/mol. The number of sulfonamides is 1. The van der Waals surface area contributed by atoms with E-state index in [1.54, 1.807) is 54.6 Å². The van der Waals surface area contributed by atoms with E-state index < -0.39 is 28.5 Å². The predicted molar refractivity (Wildman–Crippen MR) is 181 cm³/mol. The van der Waals surface area contributed by atoms with Gasteiger partial charge < -0.3 is 10.2 Å². The lowest BCUT2D eigenvalue weighted by Gasteiger charge is -2.34. The molecule has 0 aliphatic carbocycles. The molecule has 0 radical (unpaired) electrons. The van der Waals surface area contributed by atoms with Gasteiger partial charge in [0.15, 0.2) is 0 Å². The maximum Gasteiger partial charge on any atom is 0.264 e. The molecule has 0 aromatic heterocycles. The van der Waals surface area contributed by atoms with Gasteiger partial charge in [-0.25, -0.2) is 8.42 Å². The number of amides is 2. The Morgan fingerprint density at radius 2 is 1.40 bits per heavy atom. The summed E-state index contributed by atoms with van der Waals surface area (Å²) in [5.74, 6) is -0.568. The van der Waals surface area contributed by atoms with Crippen molar-refractivity contribution in [2.75, 3.05) is 17.4 Å². The number of nitrogens with zero attached hydrogens (tertiary/aromatic N) is 2. The zero-order chi connectivity index (χ0) is 32.4. The number of hydrogen-bond acceptors (Lipinski definition) is 4. The van der Waals surface area contributed by atoms with Crippen molar-refractivity contribution in [3.63, 3.8) is 0 Å². The van der Waals surface area contributed by atoms with Crippen molar-refractivity contribution in [1.82, 2.24) is 10.2 Å². The quantitative estimate of drug-likeness (QED) is 0.163. The van der Waals surface area contributed by atoms with Gasteiger partial charge in [0, 0.05) is 24.5 Å². The Morgan fingerprint density at radius 1 is 0.800 bits per heavy atom. The minimum Gasteiger partial charge on any atom is -0.354 e. The first-order valence-electron chi connectivity index (χ1n) is 15.1. The molecule has 2 amide bonds. The summed E-state index contributed by atoms with van der Waals surface area (Å²) in [5, 5.41) is 3.50. The highest BCUT2D eigenvalue weighted by atomic mass is 35.5. The molecule has 1 atom stereocenters. The summed E-state index contributed by atoms with van der Waals surface area (Å²) < 4.78 is 29.3. The third-order valence-electron chi connectivity index (χ3n) is 7.54. The second kappa shape index (κ2) is 15.7. The lowest BCUT2D eigenvalue weighted by Crippen LogP contribution is -2.53. The molecule has 4 aromatic rings. The third-order valence-corrected chi connectivity index (χ3v) is 9.58. The molecule has 0 fully saturated rings. The lowest BCUT2D eigenvalue weighted by molar-refractivity contribution is -0.140. The van der Waals surface area contributed by atoms with Crippen molar-refractivity contribution in [1.29, 1.82) is 0 Å². The van der Waals surface area contributed by atoms with Crippen molar-refractivity contribution >= 4 is 39.1 Å². The molecule has 0 saturated carbocycles. The van der Waals surface area contributed by atoms with Gasteiger partial charge in [-0.05, 0) is 65.4 Å². The number of carbonyl (C=O) groups is 2. The van der Waals surface area contributed by atoms with Gasteiger partial charge in [0.05, 0.1) is 10.6 Å². The summed E-state index contributed by atoms with van der Waals surface area (Å²) in [6.07, 6.45) is 0.981. The van der Waals surface area contributed by atoms with Crippen molar-refractivity contribution in [3.8, 4) is 0 Å². The third kappa shape index (κ3) is 8.96. The minimum atomic E-state index is -4.15. The molecular formula is C36H40ClN3O4S. The minimum absolute atomic E-state index is 0.0662. The van der Waals surface area contributed by atoms with Crippen LogP contribution in [0.5, 0.6) is 0 Å². The molecule has 0 spiro atoms. The molecule has 7 nitrogen and oxygen atoms in total. The number of carbonyl (C=O) groups excluding carboxylic acids is 2. The van der Waals surface area contributed by atoms with Crippen molar-refractivity contribution < 1.29 is 18.0 Å². The Morgan fingerprint density at radius 3 is 1.98 bits per heavy atom. The van der Waals surface area contributed by atoms with Crippen LogP contribution in [0, 0.1) is 0 Å². The molecule has 0 saturated heterocycles. The molecule has 0 unspecified atom stereocenters. The molecule has 4 rings (SSSR count). The molecule has 4 aromatic carbocycles. The fourth-order valence-electron chi connectivity index (χ4n) is 4.98. The van der Waals surface area contributed by atoms with E-state index >= 15 is 0 Å². The summed E-state index contributed by atoms with van der Waals surface area (Å²) >= 11 is 6.15. The van der Waals surface area contributed by atoms with Crippen molar-refractivity contribution in [2.45, 2.75) is 57.0 Å². The Bertz CT molecular complexity index is 1650. The van der Waals surface area contributed by atoms with Crippen LogP contribution < -0.4 is 9.62 Å². The topological polar surface area (TPSA) is 86.8 Å². The van der Waals surface area contributed by atoms with E-state index in [-0.39, 0.29) is 29.7 Å². The maximum atomic E-state index is 14.5. The summed E-state index contributed by atoms with van der Waals surface area (Å²) in [5.41, 5.74) is 3.04. The molecule has 0 heterocycles. The standard InChI is InChI=1S/C36H40ClN3O4S/c1-4-23-38-36(42)34(24-28-11-7-5-8-12-28)39(25-29-15-19-31(37)20-16-29)35(41)26-40(32-21-17-30(18-22-32)27(2)3)45(43,44)33-13-9-6-10-14-33/h5-22,27,34H,4,23-26H2,1-3H3,(H,38,42)/t34-/m1/s1. The molecule has 236 valence electrons. The number of rotatable bonds is 14. The molecule has 0 aliphatic rings. The molecule has 45 heavy (non-hydrogen) atoms. The molecule has 1 N–H and O–H groups in total. The van der Waals surface area contributed by atoms with E-state index in [1.165, 1.54) is 17.0 Å². The van der Waals surface area contributed by atoms with Crippen LogP contribution >= 0.6 is 11.6 Å². The van der Waals surface area contributed by atoms with E-state index in [4.69, 9.17) is 11.6 Å². The highest BCUT2D eigenvalue weighted by molar-refractivity contribution is 7.92. The highest BCUT2D eigenvalue weighted by Crippen LogP contribution is 2.27. The van der Waals surface area contributed by atoms with Gasteiger partial charge >= 0.3 is 0 Å². The Balaban J connectivity index is 1.79. The van der Waals surface area contributed by atoms with E-state index in [0.29, 0.717) is 17.3 Å². The maximum absolute atomic E-state index is 14.5. The van der Waals surface area contributed by atoms with Gasteiger partial charge in [-0.1, -0.05) is 105 Å². The fraction of sp³-hybridized carbons (Fsp3) is 0.278. The van der Waals surface area contributed by atoms with Crippen molar-refractivity contribution in [2.24, 2.45) is 0 Å². The van der Waals surface area contributed by atoms with E-state index in [0.717, 1.165) is 27.4 Å². The van der Waals surface area contributed by atoms with Gasteiger partial charge in [-0.15, -0.1) is 0 Å². The van der Waals surface area contributed by atoms with Crippen LogP contribution in [0.15, 0.2) is 114 Å². The van der Waals surface area contributed by atoms with E-state index in [9.17, 15) is 18.0 Å². The highest BCUT2D eigenvalue weighted by Gasteiger charge is 2.34. The smallest absolute Gasteiger partial charge is 0.264 e. The molecule has 0 aliphatic heterocycles. The normalized spacial score (nSPS) is 12.0. The van der Waals surface area contributed by atoms with Crippen LogP contribution in [-0.4, -0.2) is 44.3 Å². The zero-order valence-electron chi connectivity index (χ0n) is 25.9. The second-order valence-electron chi connectivity index (χ2n) is 11.2. The Hall–Kier alpha value is -4.14. The summed E-state index contributed by atoms with van der Waals surface area (Å²) in [4.78, 5) is 29.7. The monoisotopic (exact) mass is 645 g/mol. The molecule has 9 heteroatoms. The van der Waals surface area contributed by atoms with Gasteiger partial charge in [0.25, 0.3) is 10.0 Å². The van der Waals surface area contributed by atoms with Crippen LogP contribution in [0.2, 0.25) is 5.02 Å². The van der Waals surface area contributed by atoms with Crippen LogP contribution in [-0.2, 0) is 32.6 Å². The van der Waals surface area contributed by atoms with Crippen LogP contribution in [0.25, 0.3) is 0 Å². The molecular weight excluding hydrogens is 606 g/mol. The summed E-state index contributed by atoms with van der Waals surface area (Å²) in [6, 6.07) is 30.9. The Labute approximate surface area is 271 Å². The van der Waals surface area contributed by atoms with Gasteiger partial charge in [0.2, 0.25) is 11.8 Å².